The minimum atomic E-state index is 0.488. The van der Waals surface area contributed by atoms with Crippen LogP contribution in [0.1, 0.15) is 33.4 Å². The third-order valence-electron chi connectivity index (χ3n) is 4.31. The molecule has 0 aliphatic carbocycles. The van der Waals surface area contributed by atoms with Crippen LogP contribution in [0.25, 0.3) is 28.1 Å². The molecule has 4 nitrogen and oxygen atoms in total. The molecule has 2 N–H and O–H groups in total. The number of rotatable bonds is 4. The largest absolute Gasteiger partial charge is 0.378 e. The molecule has 5 heteroatoms. The van der Waals surface area contributed by atoms with E-state index in [0.717, 1.165) is 28.9 Å². The van der Waals surface area contributed by atoms with Gasteiger partial charge in [0.05, 0.1) is 0 Å². The van der Waals surface area contributed by atoms with Crippen LogP contribution in [-0.2, 0) is 7.05 Å². The highest BCUT2D eigenvalue weighted by Gasteiger charge is 2.08. The lowest BCUT2D eigenvalue weighted by Crippen LogP contribution is -2.07. The van der Waals surface area contributed by atoms with E-state index in [1.165, 1.54) is 16.5 Å². The van der Waals surface area contributed by atoms with E-state index in [2.05, 4.69) is 58.0 Å². The van der Waals surface area contributed by atoms with Crippen LogP contribution < -0.4 is 10.0 Å². The number of anilines is 1. The molecule has 0 unspecified atom stereocenters. The number of hydrogen-bond donors (Lipinski definition) is 1. The molecule has 3 rings (SSSR count). The summed E-state index contributed by atoms with van der Waals surface area (Å²) in [5, 5.41) is 17.0. The molecular formula is C24H32N4S. The highest BCUT2D eigenvalue weighted by Crippen LogP contribution is 2.28. The Bertz CT molecular complexity index is 994. The number of aromatic nitrogens is 1. The number of nitriles is 1. The summed E-state index contributed by atoms with van der Waals surface area (Å²) in [6.07, 6.45) is 1.80. The Labute approximate surface area is 179 Å². The van der Waals surface area contributed by atoms with E-state index in [0.29, 0.717) is 4.91 Å². The molecule has 154 valence electrons. The molecule has 0 aliphatic rings. The van der Waals surface area contributed by atoms with Crippen LogP contribution >= 0.6 is 11.9 Å². The van der Waals surface area contributed by atoms with Crippen molar-refractivity contribution in [3.63, 3.8) is 0 Å². The number of nitrogens with zero attached hydrogens (tertiary/aromatic N) is 3. The molecule has 3 aromatic rings. The molecule has 0 fully saturated rings. The predicted molar refractivity (Wildman–Crippen MR) is 131 cm³/mol. The molecule has 0 radical (unpaired) electrons. The fraction of sp³-hybridized carbons (Fsp3) is 0.292. The zero-order chi connectivity index (χ0) is 22.0. The zero-order valence-corrected chi connectivity index (χ0v) is 19.3. The number of hydrogen-bond acceptors (Lipinski definition) is 4. The van der Waals surface area contributed by atoms with Crippen molar-refractivity contribution in [1.29, 1.82) is 5.26 Å². The molecule has 2 aromatic carbocycles. The molecule has 0 amide bonds. The SMILES string of the molecule is CC.CC.CN(C)c1ccc2cc(-c3ccc(/C=C(\C#N)SN)n3C)ccc2c1. The van der Waals surface area contributed by atoms with Crippen molar-refractivity contribution in [2.75, 3.05) is 19.0 Å². The van der Waals surface area contributed by atoms with Crippen LogP contribution in [0.4, 0.5) is 5.69 Å². The maximum atomic E-state index is 9.05. The van der Waals surface area contributed by atoms with Crippen molar-refractivity contribution in [3.8, 4) is 17.3 Å². The number of benzene rings is 2. The molecule has 0 atom stereocenters. The van der Waals surface area contributed by atoms with Crippen LogP contribution in [-0.4, -0.2) is 18.7 Å². The average molecular weight is 409 g/mol. The average Bonchev–Trinajstić information content (AvgIpc) is 3.14. The van der Waals surface area contributed by atoms with Crippen molar-refractivity contribution in [2.24, 2.45) is 12.2 Å². The van der Waals surface area contributed by atoms with Crippen LogP contribution in [0, 0.1) is 11.3 Å². The molecular weight excluding hydrogens is 376 g/mol. The van der Waals surface area contributed by atoms with Gasteiger partial charge in [-0.05, 0) is 64.7 Å². The van der Waals surface area contributed by atoms with Crippen LogP contribution in [0.3, 0.4) is 0 Å². The van der Waals surface area contributed by atoms with Gasteiger partial charge in [-0.3, -0.25) is 5.14 Å². The van der Waals surface area contributed by atoms with Crippen molar-refractivity contribution in [1.82, 2.24) is 4.57 Å². The topological polar surface area (TPSA) is 58.0 Å². The first-order valence-corrected chi connectivity index (χ1v) is 10.8. The van der Waals surface area contributed by atoms with E-state index in [1.54, 1.807) is 6.08 Å². The van der Waals surface area contributed by atoms with E-state index >= 15 is 0 Å². The Balaban J connectivity index is 0.000000989. The zero-order valence-electron chi connectivity index (χ0n) is 18.5. The molecule has 0 saturated heterocycles. The Hall–Kier alpha value is -2.68. The van der Waals surface area contributed by atoms with Gasteiger partial charge in [0.15, 0.2) is 0 Å². The van der Waals surface area contributed by atoms with E-state index < -0.39 is 0 Å². The third kappa shape index (κ3) is 5.90. The molecule has 0 aliphatic heterocycles. The third-order valence-corrected chi connectivity index (χ3v) is 4.78. The van der Waals surface area contributed by atoms with E-state index in [1.807, 2.05) is 54.9 Å². The lowest BCUT2D eigenvalue weighted by molar-refractivity contribution is 0.924. The lowest BCUT2D eigenvalue weighted by Gasteiger charge is -2.13. The quantitative estimate of drug-likeness (QED) is 0.399. The summed E-state index contributed by atoms with van der Waals surface area (Å²) in [4.78, 5) is 2.59. The standard InChI is InChI=1S/C20H20N4S.2C2H6/c1-23(2)17-7-6-14-10-16(5-4-15(14)11-17)20-9-8-18(24(20)3)12-19(13-21)25-22;2*1-2/h4-12H,22H2,1-3H3;2*1-2H3/b19-12+;;. The number of nitrogens with two attached hydrogens (primary N) is 1. The fourth-order valence-corrected chi connectivity index (χ4v) is 3.10. The summed E-state index contributed by atoms with van der Waals surface area (Å²) in [6.45, 7) is 8.00. The number of allylic oxidation sites excluding steroid dienone is 1. The van der Waals surface area contributed by atoms with Crippen LogP contribution in [0.5, 0.6) is 0 Å². The Morgan fingerprint density at radius 3 is 2.21 bits per heavy atom. The monoisotopic (exact) mass is 408 g/mol. The van der Waals surface area contributed by atoms with Gasteiger partial charge < -0.3 is 9.47 Å². The summed E-state index contributed by atoms with van der Waals surface area (Å²) in [6, 6.07) is 19.1. The number of fused-ring (bicyclic) bond motifs is 1. The molecule has 0 bridgehead atoms. The van der Waals surface area contributed by atoms with Gasteiger partial charge in [-0.1, -0.05) is 45.9 Å². The normalized spacial score (nSPS) is 10.4. The highest BCUT2D eigenvalue weighted by molar-refractivity contribution is 8.01. The fourth-order valence-electron chi connectivity index (χ4n) is 2.86. The maximum absolute atomic E-state index is 9.05. The van der Waals surface area contributed by atoms with Gasteiger partial charge in [0, 0.05) is 38.2 Å². The first-order valence-electron chi connectivity index (χ1n) is 9.89. The van der Waals surface area contributed by atoms with Crippen molar-refractivity contribution < 1.29 is 0 Å². The van der Waals surface area contributed by atoms with Gasteiger partial charge in [0.25, 0.3) is 0 Å². The van der Waals surface area contributed by atoms with Gasteiger partial charge in [-0.15, -0.1) is 0 Å². The van der Waals surface area contributed by atoms with Gasteiger partial charge in [0.1, 0.15) is 11.0 Å². The molecule has 29 heavy (non-hydrogen) atoms. The van der Waals surface area contributed by atoms with Crippen molar-refractivity contribution in [3.05, 3.63) is 59.1 Å². The second kappa shape index (κ2) is 12.0. The predicted octanol–water partition coefficient (Wildman–Crippen LogP) is 6.44. The maximum Gasteiger partial charge on any atom is 0.108 e. The Morgan fingerprint density at radius 2 is 1.62 bits per heavy atom. The molecule has 1 heterocycles. The Kier molecular flexibility index (Phi) is 10.1. The second-order valence-electron chi connectivity index (χ2n) is 6.08. The van der Waals surface area contributed by atoms with Crippen molar-refractivity contribution >= 4 is 34.5 Å². The minimum Gasteiger partial charge on any atom is -0.378 e. The summed E-state index contributed by atoms with van der Waals surface area (Å²) in [5.74, 6) is 0. The Morgan fingerprint density at radius 1 is 1.00 bits per heavy atom. The smallest absolute Gasteiger partial charge is 0.108 e. The molecule has 0 spiro atoms. The van der Waals surface area contributed by atoms with E-state index in [-0.39, 0.29) is 0 Å². The molecule has 1 aromatic heterocycles. The van der Waals surface area contributed by atoms with Gasteiger partial charge in [-0.25, -0.2) is 0 Å². The second-order valence-corrected chi connectivity index (χ2v) is 6.76. The van der Waals surface area contributed by atoms with Crippen LogP contribution in [0.15, 0.2) is 53.4 Å². The van der Waals surface area contributed by atoms with E-state index in [4.69, 9.17) is 10.4 Å². The lowest BCUT2D eigenvalue weighted by atomic mass is 10.0. The first-order chi connectivity index (χ1) is 14.0. The van der Waals surface area contributed by atoms with Gasteiger partial charge in [0.2, 0.25) is 0 Å². The molecule has 0 saturated carbocycles. The van der Waals surface area contributed by atoms with Gasteiger partial charge >= 0.3 is 0 Å². The highest BCUT2D eigenvalue weighted by atomic mass is 32.2. The first kappa shape index (κ1) is 24.4. The minimum absolute atomic E-state index is 0.488. The van der Waals surface area contributed by atoms with E-state index in [9.17, 15) is 0 Å². The summed E-state index contributed by atoms with van der Waals surface area (Å²) in [5.41, 5.74) is 4.39. The van der Waals surface area contributed by atoms with Crippen LogP contribution in [0.2, 0.25) is 0 Å². The summed E-state index contributed by atoms with van der Waals surface area (Å²) in [7, 11) is 6.09. The summed E-state index contributed by atoms with van der Waals surface area (Å²) >= 11 is 0.967. The van der Waals surface area contributed by atoms with Crippen molar-refractivity contribution in [2.45, 2.75) is 27.7 Å². The van der Waals surface area contributed by atoms with Gasteiger partial charge in [-0.2, -0.15) is 5.26 Å². The summed E-state index contributed by atoms with van der Waals surface area (Å²) < 4.78 is 2.07.